The Labute approximate surface area is 125 Å². The van der Waals surface area contributed by atoms with E-state index in [1.807, 2.05) is 12.1 Å². The van der Waals surface area contributed by atoms with Crippen molar-refractivity contribution in [3.63, 3.8) is 0 Å². The number of nitrogens with zero attached hydrogens (tertiary/aromatic N) is 1. The van der Waals surface area contributed by atoms with Crippen LogP contribution >= 0.6 is 11.3 Å². The molecule has 0 unspecified atom stereocenters. The van der Waals surface area contributed by atoms with Gasteiger partial charge in [-0.2, -0.15) is 5.26 Å². The third-order valence-electron chi connectivity index (χ3n) is 2.87. The second-order valence-corrected chi connectivity index (χ2v) is 5.35. The summed E-state index contributed by atoms with van der Waals surface area (Å²) in [5, 5.41) is 12.6. The van der Waals surface area contributed by atoms with Crippen LogP contribution < -0.4 is 16.8 Å². The quantitative estimate of drug-likeness (QED) is 0.786. The van der Waals surface area contributed by atoms with Gasteiger partial charge in [0.25, 0.3) is 5.91 Å². The number of nitriles is 1. The standard InChI is InChI=1S/C14H13FN4OS/c15-9-3-1-2-8(6-9)4-5-19-14-10(7-16)11(17)12(21-14)13(18)20/h1-3,6,19H,4-5,17H2,(H2,18,20). The lowest BCUT2D eigenvalue weighted by Crippen LogP contribution is -2.10. The van der Waals surface area contributed by atoms with Crippen LogP contribution in [0.1, 0.15) is 20.8 Å². The monoisotopic (exact) mass is 304 g/mol. The Morgan fingerprint density at radius 3 is 2.86 bits per heavy atom. The molecule has 21 heavy (non-hydrogen) atoms. The molecule has 0 bridgehead atoms. The van der Waals surface area contributed by atoms with Gasteiger partial charge in [-0.3, -0.25) is 4.79 Å². The van der Waals surface area contributed by atoms with E-state index in [1.165, 1.54) is 12.1 Å². The van der Waals surface area contributed by atoms with Gasteiger partial charge in [-0.25, -0.2) is 4.39 Å². The predicted molar refractivity (Wildman–Crippen MR) is 80.6 cm³/mol. The first-order valence-electron chi connectivity index (χ1n) is 6.13. The van der Waals surface area contributed by atoms with Crippen LogP contribution in [0.3, 0.4) is 0 Å². The fourth-order valence-corrected chi connectivity index (χ4v) is 2.82. The maximum atomic E-state index is 13.1. The Morgan fingerprint density at radius 1 is 1.48 bits per heavy atom. The molecule has 1 aromatic carbocycles. The van der Waals surface area contributed by atoms with Crippen molar-refractivity contribution in [1.29, 1.82) is 5.26 Å². The Balaban J connectivity index is 2.08. The minimum absolute atomic E-state index is 0.100. The van der Waals surface area contributed by atoms with Gasteiger partial charge in [0.2, 0.25) is 0 Å². The van der Waals surface area contributed by atoms with Crippen molar-refractivity contribution in [2.24, 2.45) is 5.73 Å². The number of primary amides is 1. The Hall–Kier alpha value is -2.59. The zero-order chi connectivity index (χ0) is 15.4. The molecule has 0 saturated carbocycles. The highest BCUT2D eigenvalue weighted by atomic mass is 32.1. The number of hydrogen-bond donors (Lipinski definition) is 3. The minimum atomic E-state index is -0.660. The van der Waals surface area contributed by atoms with Crippen LogP contribution in [0.2, 0.25) is 0 Å². The lowest BCUT2D eigenvalue weighted by atomic mass is 10.1. The van der Waals surface area contributed by atoms with Crippen LogP contribution in [0.4, 0.5) is 15.1 Å². The molecule has 1 amide bonds. The molecule has 108 valence electrons. The second-order valence-electron chi connectivity index (χ2n) is 4.33. The van der Waals surface area contributed by atoms with Crippen LogP contribution in [0.15, 0.2) is 24.3 Å². The number of nitrogen functional groups attached to an aromatic ring is 1. The fraction of sp³-hybridized carbons (Fsp3) is 0.143. The highest BCUT2D eigenvalue weighted by molar-refractivity contribution is 7.18. The lowest BCUT2D eigenvalue weighted by Gasteiger charge is -2.04. The van der Waals surface area contributed by atoms with Gasteiger partial charge in [0.05, 0.1) is 5.69 Å². The first-order valence-corrected chi connectivity index (χ1v) is 6.95. The first kappa shape index (κ1) is 14.8. The molecule has 5 N–H and O–H groups in total. The summed E-state index contributed by atoms with van der Waals surface area (Å²) in [4.78, 5) is 11.4. The number of carbonyl (C=O) groups is 1. The summed E-state index contributed by atoms with van der Waals surface area (Å²) in [7, 11) is 0. The Morgan fingerprint density at radius 2 is 2.24 bits per heavy atom. The number of nitrogens with one attached hydrogen (secondary N) is 1. The number of benzene rings is 1. The average molecular weight is 304 g/mol. The van der Waals surface area contributed by atoms with Crippen molar-refractivity contribution in [2.45, 2.75) is 6.42 Å². The minimum Gasteiger partial charge on any atom is -0.396 e. The summed E-state index contributed by atoms with van der Waals surface area (Å²) in [6.45, 7) is 0.482. The number of rotatable bonds is 5. The Kier molecular flexibility index (Phi) is 4.40. The summed E-state index contributed by atoms with van der Waals surface area (Å²) in [6, 6.07) is 8.23. The molecule has 1 heterocycles. The molecule has 0 aliphatic rings. The topological polar surface area (TPSA) is 105 Å². The molecule has 0 radical (unpaired) electrons. The van der Waals surface area contributed by atoms with E-state index >= 15 is 0 Å². The summed E-state index contributed by atoms with van der Waals surface area (Å²) < 4.78 is 13.1. The van der Waals surface area contributed by atoms with Crippen LogP contribution in [-0.2, 0) is 6.42 Å². The fourth-order valence-electron chi connectivity index (χ4n) is 1.88. The number of hydrogen-bond acceptors (Lipinski definition) is 5. The second kappa shape index (κ2) is 6.24. The SMILES string of the molecule is N#Cc1c(NCCc2cccc(F)c2)sc(C(N)=O)c1N. The molecule has 0 fully saturated rings. The van der Waals surface area contributed by atoms with Crippen molar-refractivity contribution >= 4 is 27.9 Å². The molecule has 2 aromatic rings. The van der Waals surface area contributed by atoms with Crippen molar-refractivity contribution in [3.05, 3.63) is 46.1 Å². The Bertz CT molecular complexity index is 720. The van der Waals surface area contributed by atoms with Crippen molar-refractivity contribution in [1.82, 2.24) is 0 Å². The first-order chi connectivity index (χ1) is 10.0. The van der Waals surface area contributed by atoms with Gasteiger partial charge < -0.3 is 16.8 Å². The van der Waals surface area contributed by atoms with Gasteiger partial charge in [0.15, 0.2) is 0 Å². The van der Waals surface area contributed by atoms with Crippen LogP contribution in [-0.4, -0.2) is 12.5 Å². The zero-order valence-corrected chi connectivity index (χ0v) is 11.8. The number of carbonyl (C=O) groups excluding carboxylic acids is 1. The lowest BCUT2D eigenvalue weighted by molar-refractivity contribution is 0.100. The summed E-state index contributed by atoms with van der Waals surface area (Å²) in [6.07, 6.45) is 0.576. The van der Waals surface area contributed by atoms with Crippen molar-refractivity contribution in [2.75, 3.05) is 17.6 Å². The largest absolute Gasteiger partial charge is 0.396 e. The molecule has 0 aliphatic carbocycles. The average Bonchev–Trinajstić information content (AvgIpc) is 2.75. The van der Waals surface area contributed by atoms with E-state index < -0.39 is 5.91 Å². The summed E-state index contributed by atoms with van der Waals surface area (Å²) >= 11 is 1.05. The van der Waals surface area contributed by atoms with E-state index in [-0.39, 0.29) is 21.9 Å². The highest BCUT2D eigenvalue weighted by Crippen LogP contribution is 2.34. The normalized spacial score (nSPS) is 10.1. The van der Waals surface area contributed by atoms with Crippen LogP contribution in [0.5, 0.6) is 0 Å². The van der Waals surface area contributed by atoms with E-state index in [0.29, 0.717) is 18.0 Å². The number of anilines is 2. The maximum Gasteiger partial charge on any atom is 0.261 e. The highest BCUT2D eigenvalue weighted by Gasteiger charge is 2.18. The van der Waals surface area contributed by atoms with Gasteiger partial charge in [-0.05, 0) is 24.1 Å². The maximum absolute atomic E-state index is 13.1. The van der Waals surface area contributed by atoms with Gasteiger partial charge in [-0.15, -0.1) is 11.3 Å². The van der Waals surface area contributed by atoms with Gasteiger partial charge >= 0.3 is 0 Å². The zero-order valence-electron chi connectivity index (χ0n) is 11.0. The van der Waals surface area contributed by atoms with E-state index in [0.717, 1.165) is 16.9 Å². The summed E-state index contributed by atoms with van der Waals surface area (Å²) in [5.41, 5.74) is 12.1. The van der Waals surface area contributed by atoms with Crippen LogP contribution in [0.25, 0.3) is 0 Å². The number of thiophene rings is 1. The van der Waals surface area contributed by atoms with Crippen LogP contribution in [0, 0.1) is 17.1 Å². The third kappa shape index (κ3) is 3.30. The van der Waals surface area contributed by atoms with E-state index in [4.69, 9.17) is 16.7 Å². The van der Waals surface area contributed by atoms with Gasteiger partial charge in [-0.1, -0.05) is 12.1 Å². The molecule has 0 atom stereocenters. The van der Waals surface area contributed by atoms with Gasteiger partial charge in [0.1, 0.15) is 27.3 Å². The molecule has 0 aliphatic heterocycles. The third-order valence-corrected chi connectivity index (χ3v) is 4.05. The van der Waals surface area contributed by atoms with Crippen molar-refractivity contribution in [3.8, 4) is 6.07 Å². The number of nitrogens with two attached hydrogens (primary N) is 2. The number of amides is 1. The smallest absolute Gasteiger partial charge is 0.261 e. The molecule has 0 spiro atoms. The molecule has 5 nitrogen and oxygen atoms in total. The van der Waals surface area contributed by atoms with E-state index in [1.54, 1.807) is 6.07 Å². The van der Waals surface area contributed by atoms with E-state index in [9.17, 15) is 9.18 Å². The molecular weight excluding hydrogens is 291 g/mol. The van der Waals surface area contributed by atoms with Gasteiger partial charge in [0, 0.05) is 6.54 Å². The van der Waals surface area contributed by atoms with Crippen molar-refractivity contribution < 1.29 is 9.18 Å². The predicted octanol–water partition coefficient (Wildman–Crippen LogP) is 2.09. The van der Waals surface area contributed by atoms with E-state index in [2.05, 4.69) is 5.32 Å². The summed E-state index contributed by atoms with van der Waals surface area (Å²) in [5.74, 6) is -0.950. The molecule has 2 rings (SSSR count). The molecule has 0 saturated heterocycles. The molecule has 7 heteroatoms. The molecule has 1 aromatic heterocycles. The molecular formula is C14H13FN4OS. The number of halogens is 1.